The minimum Gasteiger partial charge on any atom is -0.354 e. The van der Waals surface area contributed by atoms with E-state index in [0.717, 1.165) is 54.8 Å². The summed E-state index contributed by atoms with van der Waals surface area (Å²) in [5.41, 5.74) is 4.01. The van der Waals surface area contributed by atoms with Crippen LogP contribution in [-0.2, 0) is 13.6 Å². The summed E-state index contributed by atoms with van der Waals surface area (Å²) in [6.45, 7) is 1.14. The van der Waals surface area contributed by atoms with Crippen molar-refractivity contribution in [2.45, 2.75) is 38.4 Å². The van der Waals surface area contributed by atoms with Gasteiger partial charge in [0.25, 0.3) is 11.8 Å². The van der Waals surface area contributed by atoms with Crippen molar-refractivity contribution in [1.82, 2.24) is 19.8 Å². The van der Waals surface area contributed by atoms with Gasteiger partial charge in [0.15, 0.2) is 0 Å². The second kappa shape index (κ2) is 7.72. The van der Waals surface area contributed by atoms with Crippen LogP contribution in [0.3, 0.4) is 0 Å². The first-order valence-electron chi connectivity index (χ1n) is 10.9. The van der Waals surface area contributed by atoms with Crippen LogP contribution in [-0.4, -0.2) is 46.0 Å². The molecule has 31 heavy (non-hydrogen) atoms. The number of aryl methyl sites for hydroxylation is 1. The maximum absolute atomic E-state index is 13.1. The van der Waals surface area contributed by atoms with Gasteiger partial charge in [-0.2, -0.15) is 0 Å². The fraction of sp³-hybridized carbons (Fsp3) is 0.375. The van der Waals surface area contributed by atoms with E-state index in [1.54, 1.807) is 12.1 Å². The average Bonchev–Trinajstić information content (AvgIpc) is 2.95. The first-order valence-corrected chi connectivity index (χ1v) is 10.9. The highest BCUT2D eigenvalue weighted by Gasteiger charge is 2.36. The molecule has 0 spiro atoms. The number of nitrogens with one attached hydrogen (secondary N) is 1. The van der Waals surface area contributed by atoms with Crippen LogP contribution in [0.1, 0.15) is 52.2 Å². The van der Waals surface area contributed by atoms with Gasteiger partial charge in [-0.05, 0) is 49.6 Å². The van der Waals surface area contributed by atoms with Gasteiger partial charge >= 0.3 is 0 Å². The zero-order valence-corrected chi connectivity index (χ0v) is 18.0. The molecule has 3 aromatic rings. The maximum atomic E-state index is 13.1. The van der Waals surface area contributed by atoms with E-state index in [-0.39, 0.29) is 18.0 Å². The number of carbonyl (C=O) groups is 2. The van der Waals surface area contributed by atoms with E-state index in [4.69, 9.17) is 0 Å². The van der Waals surface area contributed by atoms with Crippen molar-refractivity contribution in [3.63, 3.8) is 0 Å². The van der Waals surface area contributed by atoms with Gasteiger partial charge in [0.1, 0.15) is 12.0 Å². The van der Waals surface area contributed by atoms with Crippen molar-refractivity contribution in [1.29, 1.82) is 0 Å². The van der Waals surface area contributed by atoms with Crippen molar-refractivity contribution in [2.24, 2.45) is 7.05 Å². The van der Waals surface area contributed by atoms with Crippen LogP contribution < -0.4 is 10.2 Å². The molecule has 1 saturated heterocycles. The Bertz CT molecular complexity index is 1170. The summed E-state index contributed by atoms with van der Waals surface area (Å²) in [6, 6.07) is 13.3. The highest BCUT2D eigenvalue weighted by atomic mass is 16.2. The Morgan fingerprint density at radius 2 is 1.97 bits per heavy atom. The van der Waals surface area contributed by atoms with Gasteiger partial charge in [-0.3, -0.25) is 9.59 Å². The molecule has 1 aromatic heterocycles. The molecular weight excluding hydrogens is 390 g/mol. The van der Waals surface area contributed by atoms with E-state index in [9.17, 15) is 9.59 Å². The number of benzene rings is 2. The monoisotopic (exact) mass is 417 g/mol. The number of fused-ring (bicyclic) bond motifs is 3. The third-order valence-electron chi connectivity index (χ3n) is 6.59. The zero-order chi connectivity index (χ0) is 21.5. The highest BCUT2D eigenvalue weighted by Crippen LogP contribution is 2.34. The maximum Gasteiger partial charge on any atom is 0.257 e. The summed E-state index contributed by atoms with van der Waals surface area (Å²) in [7, 11) is 3.98. The molecule has 7 nitrogen and oxygen atoms in total. The van der Waals surface area contributed by atoms with Gasteiger partial charge in [0.05, 0.1) is 28.8 Å². The van der Waals surface area contributed by atoms with Gasteiger partial charge in [-0.25, -0.2) is 4.98 Å². The summed E-state index contributed by atoms with van der Waals surface area (Å²) in [5, 5.41) is 2.98. The quantitative estimate of drug-likeness (QED) is 0.710. The number of imidazole rings is 1. The summed E-state index contributed by atoms with van der Waals surface area (Å²) in [5.74, 6) is 0.708. The van der Waals surface area contributed by atoms with Crippen LogP contribution >= 0.6 is 0 Å². The van der Waals surface area contributed by atoms with Crippen LogP contribution in [0.15, 0.2) is 42.5 Å². The van der Waals surface area contributed by atoms with E-state index in [1.807, 2.05) is 53.9 Å². The fourth-order valence-electron chi connectivity index (χ4n) is 4.81. The number of hydrogen-bond donors (Lipinski definition) is 1. The third kappa shape index (κ3) is 3.34. The molecule has 2 aromatic carbocycles. The number of aromatic nitrogens is 2. The second-order valence-corrected chi connectivity index (χ2v) is 8.43. The largest absolute Gasteiger partial charge is 0.354 e. The summed E-state index contributed by atoms with van der Waals surface area (Å²) < 4.78 is 2.00. The molecule has 1 unspecified atom stereocenters. The topological polar surface area (TPSA) is 70.5 Å². The molecule has 1 atom stereocenters. The Balaban J connectivity index is 1.37. The van der Waals surface area contributed by atoms with E-state index in [2.05, 4.69) is 15.2 Å². The second-order valence-electron chi connectivity index (χ2n) is 8.43. The SMILES string of the molecule is CN1c2cc(C(=O)NCc3nc4ccccc4n3C)ccc2C(=O)N2CCCCCC21. The van der Waals surface area contributed by atoms with Crippen molar-refractivity contribution in [3.8, 4) is 0 Å². The molecule has 1 fully saturated rings. The first kappa shape index (κ1) is 19.6. The normalized spacial score (nSPS) is 18.5. The van der Waals surface area contributed by atoms with Crippen LogP contribution in [0.5, 0.6) is 0 Å². The molecule has 2 amide bonds. The standard InChI is InChI=1S/C24H27N5O2/c1-27-19-9-6-5-8-18(19)26-21(27)15-25-23(30)16-11-12-17-20(14-16)28(2)22-10-4-3-7-13-29(22)24(17)31/h5-6,8-9,11-12,14,22H,3-4,7,10,13,15H2,1-2H3,(H,25,30). The molecule has 160 valence electrons. The number of anilines is 1. The number of amides is 2. The number of nitrogens with zero attached hydrogens (tertiary/aromatic N) is 4. The molecule has 0 saturated carbocycles. The Morgan fingerprint density at radius 1 is 1.13 bits per heavy atom. The molecule has 7 heteroatoms. The van der Waals surface area contributed by atoms with Crippen LogP contribution in [0.2, 0.25) is 0 Å². The highest BCUT2D eigenvalue weighted by molar-refractivity contribution is 6.04. The summed E-state index contributed by atoms with van der Waals surface area (Å²) in [6.07, 6.45) is 4.35. The predicted octanol–water partition coefficient (Wildman–Crippen LogP) is 3.30. The zero-order valence-electron chi connectivity index (χ0n) is 18.0. The van der Waals surface area contributed by atoms with Crippen molar-refractivity contribution in [2.75, 3.05) is 18.5 Å². The lowest BCUT2D eigenvalue weighted by molar-refractivity contribution is 0.0661. The Hall–Kier alpha value is -3.35. The Labute approximate surface area is 181 Å². The molecule has 5 rings (SSSR count). The molecular formula is C24H27N5O2. The van der Waals surface area contributed by atoms with Crippen molar-refractivity contribution in [3.05, 3.63) is 59.4 Å². The van der Waals surface area contributed by atoms with Crippen molar-refractivity contribution >= 4 is 28.5 Å². The van der Waals surface area contributed by atoms with E-state index in [1.165, 1.54) is 0 Å². The minimum absolute atomic E-state index is 0.0702. The minimum atomic E-state index is -0.168. The van der Waals surface area contributed by atoms with Gasteiger partial charge in [-0.15, -0.1) is 0 Å². The van der Waals surface area contributed by atoms with Gasteiger partial charge in [-0.1, -0.05) is 18.6 Å². The number of para-hydroxylation sites is 2. The van der Waals surface area contributed by atoms with Crippen molar-refractivity contribution < 1.29 is 9.59 Å². The third-order valence-corrected chi connectivity index (χ3v) is 6.59. The number of carbonyl (C=O) groups excluding carboxylic acids is 2. The lowest BCUT2D eigenvalue weighted by Crippen LogP contribution is -2.53. The molecule has 0 aliphatic carbocycles. The molecule has 0 radical (unpaired) electrons. The lowest BCUT2D eigenvalue weighted by atomic mass is 10.0. The van der Waals surface area contributed by atoms with E-state index >= 15 is 0 Å². The van der Waals surface area contributed by atoms with E-state index in [0.29, 0.717) is 17.7 Å². The summed E-state index contributed by atoms with van der Waals surface area (Å²) >= 11 is 0. The van der Waals surface area contributed by atoms with Gasteiger partial charge in [0.2, 0.25) is 0 Å². The van der Waals surface area contributed by atoms with Crippen LogP contribution in [0.25, 0.3) is 11.0 Å². The Kier molecular flexibility index (Phi) is 4.88. The smallest absolute Gasteiger partial charge is 0.257 e. The molecule has 0 bridgehead atoms. The number of rotatable bonds is 3. The van der Waals surface area contributed by atoms with E-state index < -0.39 is 0 Å². The first-order chi connectivity index (χ1) is 15.0. The molecule has 3 heterocycles. The molecule has 1 N–H and O–H groups in total. The van der Waals surface area contributed by atoms with Crippen LogP contribution in [0, 0.1) is 0 Å². The predicted molar refractivity (Wildman–Crippen MR) is 120 cm³/mol. The molecule has 2 aliphatic rings. The Morgan fingerprint density at radius 3 is 2.81 bits per heavy atom. The molecule has 2 aliphatic heterocycles. The van der Waals surface area contributed by atoms with Crippen LogP contribution in [0.4, 0.5) is 5.69 Å². The fourth-order valence-corrected chi connectivity index (χ4v) is 4.81. The van der Waals surface area contributed by atoms with Gasteiger partial charge < -0.3 is 19.7 Å². The average molecular weight is 418 g/mol. The summed E-state index contributed by atoms with van der Waals surface area (Å²) in [4.78, 5) is 34.7. The van der Waals surface area contributed by atoms with Gasteiger partial charge in [0, 0.05) is 26.2 Å². The lowest BCUT2D eigenvalue weighted by Gasteiger charge is -2.43. The number of hydrogen-bond acceptors (Lipinski definition) is 4.